The number of hydrogen-bond donors (Lipinski definition) is 1. The second kappa shape index (κ2) is 8.42. The van der Waals surface area contributed by atoms with E-state index in [1.807, 2.05) is 7.05 Å². The molecule has 128 valence electrons. The summed E-state index contributed by atoms with van der Waals surface area (Å²) < 4.78 is 43.0. The third-order valence-electron chi connectivity index (χ3n) is 2.82. The summed E-state index contributed by atoms with van der Waals surface area (Å²) in [6.45, 7) is 0.567. The SMILES string of the molecule is CNCc1nnc(SCc2ccccc2OC(F)(F)F)n1C.Cl. The van der Waals surface area contributed by atoms with Crippen LogP contribution in [0.2, 0.25) is 0 Å². The summed E-state index contributed by atoms with van der Waals surface area (Å²) in [7, 11) is 3.61. The first kappa shape index (κ1) is 19.6. The molecule has 0 bridgehead atoms. The van der Waals surface area contributed by atoms with Crippen molar-refractivity contribution in [3.05, 3.63) is 35.7 Å². The molecule has 0 radical (unpaired) electrons. The van der Waals surface area contributed by atoms with E-state index in [0.717, 1.165) is 5.82 Å². The van der Waals surface area contributed by atoms with E-state index in [1.165, 1.54) is 23.9 Å². The monoisotopic (exact) mass is 368 g/mol. The molecule has 0 spiro atoms. The number of aromatic nitrogens is 3. The van der Waals surface area contributed by atoms with Crippen molar-refractivity contribution in [3.63, 3.8) is 0 Å². The lowest BCUT2D eigenvalue weighted by molar-refractivity contribution is -0.274. The standard InChI is InChI=1S/C13H15F3N4OS.ClH/c1-17-7-11-18-19-12(20(11)2)22-8-9-5-3-4-6-10(9)21-13(14,15)16;/h3-6,17H,7-8H2,1-2H3;1H. The van der Waals surface area contributed by atoms with Gasteiger partial charge in [-0.15, -0.1) is 35.8 Å². The van der Waals surface area contributed by atoms with Crippen LogP contribution in [0.15, 0.2) is 29.4 Å². The Hall–Kier alpha value is -1.45. The maximum absolute atomic E-state index is 12.4. The van der Waals surface area contributed by atoms with E-state index in [4.69, 9.17) is 0 Å². The summed E-state index contributed by atoms with van der Waals surface area (Å²) in [5.41, 5.74) is 0.447. The number of benzene rings is 1. The summed E-state index contributed by atoms with van der Waals surface area (Å²) >= 11 is 1.30. The molecule has 0 saturated heterocycles. The van der Waals surface area contributed by atoms with Crippen LogP contribution in [0.5, 0.6) is 5.75 Å². The molecule has 0 aliphatic carbocycles. The Morgan fingerprint density at radius 1 is 1.26 bits per heavy atom. The van der Waals surface area contributed by atoms with Crippen molar-refractivity contribution in [2.45, 2.75) is 23.8 Å². The van der Waals surface area contributed by atoms with E-state index in [9.17, 15) is 13.2 Å². The molecule has 0 fully saturated rings. The van der Waals surface area contributed by atoms with E-state index in [0.29, 0.717) is 23.0 Å². The Labute approximate surface area is 142 Å². The molecule has 10 heteroatoms. The quantitative estimate of drug-likeness (QED) is 0.794. The summed E-state index contributed by atoms with van der Waals surface area (Å²) in [6.07, 6.45) is -4.70. The van der Waals surface area contributed by atoms with Gasteiger partial charge in [-0.3, -0.25) is 0 Å². The molecule has 2 rings (SSSR count). The predicted octanol–water partition coefficient (Wildman–Crippen LogP) is 3.15. The molecular formula is C13H16ClF3N4OS. The highest BCUT2D eigenvalue weighted by atomic mass is 35.5. The average molecular weight is 369 g/mol. The van der Waals surface area contributed by atoms with Gasteiger partial charge in [-0.1, -0.05) is 30.0 Å². The zero-order chi connectivity index (χ0) is 16.2. The number of nitrogens with zero attached hydrogens (tertiary/aromatic N) is 3. The van der Waals surface area contributed by atoms with Gasteiger partial charge in [0.15, 0.2) is 5.16 Å². The molecule has 2 aromatic rings. The Morgan fingerprint density at radius 2 is 1.96 bits per heavy atom. The number of para-hydroxylation sites is 1. The van der Waals surface area contributed by atoms with Crippen molar-refractivity contribution in [2.24, 2.45) is 7.05 Å². The summed E-state index contributed by atoms with van der Waals surface area (Å²) in [6, 6.07) is 6.07. The molecule has 0 aliphatic heterocycles. The van der Waals surface area contributed by atoms with Crippen molar-refractivity contribution in [1.82, 2.24) is 20.1 Å². The van der Waals surface area contributed by atoms with E-state index in [2.05, 4.69) is 20.3 Å². The fraction of sp³-hybridized carbons (Fsp3) is 0.385. The lowest BCUT2D eigenvalue weighted by Crippen LogP contribution is -2.18. The lowest BCUT2D eigenvalue weighted by atomic mass is 10.2. The van der Waals surface area contributed by atoms with Crippen LogP contribution in [-0.2, 0) is 19.3 Å². The first-order valence-corrected chi connectivity index (χ1v) is 7.38. The topological polar surface area (TPSA) is 52.0 Å². The van der Waals surface area contributed by atoms with E-state index < -0.39 is 6.36 Å². The van der Waals surface area contributed by atoms with E-state index in [-0.39, 0.29) is 18.2 Å². The number of nitrogens with one attached hydrogen (secondary N) is 1. The zero-order valence-corrected chi connectivity index (χ0v) is 14.1. The maximum atomic E-state index is 12.4. The Balaban J connectivity index is 0.00000264. The molecule has 0 saturated carbocycles. The van der Waals surface area contributed by atoms with Crippen molar-refractivity contribution in [3.8, 4) is 5.75 Å². The van der Waals surface area contributed by atoms with Gasteiger partial charge >= 0.3 is 6.36 Å². The van der Waals surface area contributed by atoms with Crippen molar-refractivity contribution < 1.29 is 17.9 Å². The van der Waals surface area contributed by atoms with Gasteiger partial charge in [0.25, 0.3) is 0 Å². The summed E-state index contributed by atoms with van der Waals surface area (Å²) in [5, 5.41) is 11.6. The van der Waals surface area contributed by atoms with Gasteiger partial charge in [-0.2, -0.15) is 0 Å². The van der Waals surface area contributed by atoms with Gasteiger partial charge in [0.05, 0.1) is 6.54 Å². The highest BCUT2D eigenvalue weighted by Gasteiger charge is 2.32. The number of hydrogen-bond acceptors (Lipinski definition) is 5. The normalized spacial score (nSPS) is 11.2. The summed E-state index contributed by atoms with van der Waals surface area (Å²) in [5.74, 6) is 0.863. The first-order chi connectivity index (χ1) is 10.4. The van der Waals surface area contributed by atoms with Crippen LogP contribution in [0.4, 0.5) is 13.2 Å². The molecule has 1 aromatic heterocycles. The molecule has 1 N–H and O–H groups in total. The average Bonchev–Trinajstić information content (AvgIpc) is 2.78. The number of thioether (sulfide) groups is 1. The zero-order valence-electron chi connectivity index (χ0n) is 12.4. The number of halogens is 4. The van der Waals surface area contributed by atoms with Gasteiger partial charge in [0.1, 0.15) is 11.6 Å². The largest absolute Gasteiger partial charge is 0.573 e. The second-order valence-corrected chi connectivity index (χ2v) is 5.37. The van der Waals surface area contributed by atoms with Crippen LogP contribution in [-0.4, -0.2) is 28.2 Å². The number of ether oxygens (including phenoxy) is 1. The molecule has 0 unspecified atom stereocenters. The van der Waals surface area contributed by atoms with Crippen LogP contribution in [0, 0.1) is 0 Å². The Bertz CT molecular complexity index is 636. The molecule has 0 atom stereocenters. The molecule has 5 nitrogen and oxygen atoms in total. The third kappa shape index (κ3) is 5.60. The van der Waals surface area contributed by atoms with Gasteiger partial charge in [0.2, 0.25) is 0 Å². The number of alkyl halides is 3. The van der Waals surface area contributed by atoms with Crippen LogP contribution < -0.4 is 10.1 Å². The lowest BCUT2D eigenvalue weighted by Gasteiger charge is -2.12. The predicted molar refractivity (Wildman–Crippen MR) is 83.7 cm³/mol. The third-order valence-corrected chi connectivity index (χ3v) is 3.88. The van der Waals surface area contributed by atoms with Crippen molar-refractivity contribution in [1.29, 1.82) is 0 Å². The van der Waals surface area contributed by atoms with Gasteiger partial charge in [-0.25, -0.2) is 0 Å². The van der Waals surface area contributed by atoms with Crippen LogP contribution in [0.25, 0.3) is 0 Å². The van der Waals surface area contributed by atoms with Gasteiger partial charge < -0.3 is 14.6 Å². The smallest absolute Gasteiger partial charge is 0.405 e. The molecule has 0 amide bonds. The molecule has 1 aromatic carbocycles. The van der Waals surface area contributed by atoms with Crippen molar-refractivity contribution in [2.75, 3.05) is 7.05 Å². The second-order valence-electron chi connectivity index (χ2n) is 4.43. The first-order valence-electron chi connectivity index (χ1n) is 6.40. The number of rotatable bonds is 6. The molecule has 1 heterocycles. The maximum Gasteiger partial charge on any atom is 0.573 e. The fourth-order valence-corrected chi connectivity index (χ4v) is 2.69. The van der Waals surface area contributed by atoms with Gasteiger partial charge in [-0.05, 0) is 13.1 Å². The van der Waals surface area contributed by atoms with E-state index in [1.54, 1.807) is 23.7 Å². The Kier molecular flexibility index (Phi) is 7.17. The van der Waals surface area contributed by atoms with Crippen molar-refractivity contribution >= 4 is 24.2 Å². The fourth-order valence-electron chi connectivity index (χ4n) is 1.77. The molecule has 23 heavy (non-hydrogen) atoms. The molecular weight excluding hydrogens is 353 g/mol. The minimum absolute atomic E-state index is 0. The minimum atomic E-state index is -4.70. The van der Waals surface area contributed by atoms with Gasteiger partial charge in [0, 0.05) is 18.4 Å². The summed E-state index contributed by atoms with van der Waals surface area (Å²) in [4.78, 5) is 0. The molecule has 0 aliphatic rings. The van der Waals surface area contributed by atoms with E-state index >= 15 is 0 Å². The Morgan fingerprint density at radius 3 is 2.61 bits per heavy atom. The van der Waals surface area contributed by atoms with Crippen LogP contribution in [0.1, 0.15) is 11.4 Å². The highest BCUT2D eigenvalue weighted by molar-refractivity contribution is 7.98. The minimum Gasteiger partial charge on any atom is -0.405 e. The highest BCUT2D eigenvalue weighted by Crippen LogP contribution is 2.30. The van der Waals surface area contributed by atoms with Crippen LogP contribution in [0.3, 0.4) is 0 Å². The van der Waals surface area contributed by atoms with Crippen LogP contribution >= 0.6 is 24.2 Å².